The summed E-state index contributed by atoms with van der Waals surface area (Å²) in [5, 5.41) is 0. The third-order valence-corrected chi connectivity index (χ3v) is 3.87. The van der Waals surface area contributed by atoms with Crippen LogP contribution in [-0.4, -0.2) is 15.8 Å². The number of nitrogens with one attached hydrogen (secondary N) is 1. The predicted molar refractivity (Wildman–Crippen MR) is 75.2 cm³/mol. The average molecular weight is 254 g/mol. The smallest absolute Gasteiger partial charge is 0.165 e. The molecule has 0 amide bonds. The molecule has 3 heteroatoms. The zero-order valence-corrected chi connectivity index (χ0v) is 11.6. The minimum Gasteiger partial charge on any atom is -0.358 e. The number of rotatable bonds is 1. The molecule has 0 aliphatic heterocycles. The minimum absolute atomic E-state index is 0.0525. The fraction of sp³-hybridized carbons (Fsp3) is 0.375. The summed E-state index contributed by atoms with van der Waals surface area (Å²) in [5.74, 6) is 0.264. The third-order valence-electron chi connectivity index (χ3n) is 3.87. The van der Waals surface area contributed by atoms with Crippen LogP contribution in [0, 0.1) is 12.3 Å². The number of fused-ring (bicyclic) bond motifs is 1. The van der Waals surface area contributed by atoms with Crippen LogP contribution in [0.25, 0.3) is 11.3 Å². The summed E-state index contributed by atoms with van der Waals surface area (Å²) in [6, 6.07) is 3.94. The maximum atomic E-state index is 12.3. The van der Waals surface area contributed by atoms with Gasteiger partial charge in [-0.15, -0.1) is 0 Å². The standard InChI is InChI=1S/C16H18N2O/c1-10-14-12(8-16(2,3)9-13(14)19)18-15(10)11-4-6-17-7-5-11/h4-7,18H,8-9H2,1-3H3. The molecular weight excluding hydrogens is 236 g/mol. The lowest BCUT2D eigenvalue weighted by Crippen LogP contribution is -2.26. The molecule has 1 aliphatic rings. The first-order valence-electron chi connectivity index (χ1n) is 6.63. The van der Waals surface area contributed by atoms with E-state index in [1.807, 2.05) is 19.1 Å². The molecule has 0 atom stereocenters. The van der Waals surface area contributed by atoms with Gasteiger partial charge in [-0.25, -0.2) is 0 Å². The Morgan fingerprint density at radius 1 is 1.21 bits per heavy atom. The lowest BCUT2D eigenvalue weighted by molar-refractivity contribution is 0.0911. The number of ketones is 1. The Bertz CT molecular complexity index is 638. The summed E-state index contributed by atoms with van der Waals surface area (Å²) in [4.78, 5) is 19.8. The number of Topliss-reactive ketones (excluding diaryl/α,β-unsaturated/α-hetero) is 1. The van der Waals surface area contributed by atoms with Crippen molar-refractivity contribution in [2.75, 3.05) is 0 Å². The molecule has 0 unspecified atom stereocenters. The van der Waals surface area contributed by atoms with Crippen LogP contribution >= 0.6 is 0 Å². The summed E-state index contributed by atoms with van der Waals surface area (Å²) >= 11 is 0. The van der Waals surface area contributed by atoms with Crippen molar-refractivity contribution in [1.29, 1.82) is 0 Å². The molecule has 2 heterocycles. The Morgan fingerprint density at radius 2 is 1.89 bits per heavy atom. The monoisotopic (exact) mass is 254 g/mol. The van der Waals surface area contributed by atoms with E-state index in [2.05, 4.69) is 23.8 Å². The van der Waals surface area contributed by atoms with Crippen LogP contribution < -0.4 is 0 Å². The van der Waals surface area contributed by atoms with Crippen molar-refractivity contribution in [2.24, 2.45) is 5.41 Å². The molecule has 19 heavy (non-hydrogen) atoms. The molecule has 0 saturated heterocycles. The molecule has 0 fully saturated rings. The van der Waals surface area contributed by atoms with Gasteiger partial charge in [0.1, 0.15) is 0 Å². The summed E-state index contributed by atoms with van der Waals surface area (Å²) in [6.07, 6.45) is 5.12. The minimum atomic E-state index is 0.0525. The van der Waals surface area contributed by atoms with Crippen molar-refractivity contribution < 1.29 is 4.79 Å². The Labute approximate surface area is 113 Å². The average Bonchev–Trinajstić information content (AvgIpc) is 2.66. The van der Waals surface area contributed by atoms with Gasteiger partial charge in [-0.3, -0.25) is 9.78 Å². The van der Waals surface area contributed by atoms with Crippen LogP contribution in [0.2, 0.25) is 0 Å². The van der Waals surface area contributed by atoms with E-state index < -0.39 is 0 Å². The molecule has 0 aromatic carbocycles. The molecule has 0 bridgehead atoms. The van der Waals surface area contributed by atoms with Crippen LogP contribution in [0.3, 0.4) is 0 Å². The molecule has 0 saturated carbocycles. The van der Waals surface area contributed by atoms with Gasteiger partial charge in [-0.1, -0.05) is 13.8 Å². The number of pyridine rings is 1. The van der Waals surface area contributed by atoms with E-state index in [4.69, 9.17) is 0 Å². The van der Waals surface area contributed by atoms with Gasteiger partial charge in [-0.2, -0.15) is 0 Å². The Kier molecular flexibility index (Phi) is 2.59. The highest BCUT2D eigenvalue weighted by atomic mass is 16.1. The second-order valence-corrected chi connectivity index (χ2v) is 6.16. The van der Waals surface area contributed by atoms with Crippen molar-refractivity contribution in [1.82, 2.24) is 9.97 Å². The highest BCUT2D eigenvalue weighted by Gasteiger charge is 2.34. The number of H-pyrrole nitrogens is 1. The lowest BCUT2D eigenvalue weighted by Gasteiger charge is -2.28. The maximum Gasteiger partial charge on any atom is 0.165 e. The van der Waals surface area contributed by atoms with Crippen molar-refractivity contribution in [3.8, 4) is 11.3 Å². The zero-order valence-electron chi connectivity index (χ0n) is 11.6. The number of carbonyl (C=O) groups is 1. The van der Waals surface area contributed by atoms with Gasteiger partial charge >= 0.3 is 0 Å². The van der Waals surface area contributed by atoms with Crippen LogP contribution in [-0.2, 0) is 6.42 Å². The van der Waals surface area contributed by atoms with Crippen molar-refractivity contribution in [2.45, 2.75) is 33.6 Å². The largest absolute Gasteiger partial charge is 0.358 e. The van der Waals surface area contributed by atoms with E-state index in [-0.39, 0.29) is 11.2 Å². The summed E-state index contributed by atoms with van der Waals surface area (Å²) < 4.78 is 0. The number of hydrogen-bond acceptors (Lipinski definition) is 2. The first kappa shape index (κ1) is 12.2. The highest BCUT2D eigenvalue weighted by Crippen LogP contribution is 2.38. The van der Waals surface area contributed by atoms with Gasteiger partial charge < -0.3 is 4.98 Å². The predicted octanol–water partition coefficient (Wildman–Crippen LogP) is 3.54. The number of aromatic amines is 1. The molecule has 0 spiro atoms. The van der Waals surface area contributed by atoms with Crippen molar-refractivity contribution in [3.63, 3.8) is 0 Å². The molecule has 3 nitrogen and oxygen atoms in total. The second-order valence-electron chi connectivity index (χ2n) is 6.16. The van der Waals surface area contributed by atoms with Crippen LogP contribution in [0.15, 0.2) is 24.5 Å². The Morgan fingerprint density at radius 3 is 2.58 bits per heavy atom. The number of carbonyl (C=O) groups excluding carboxylic acids is 1. The molecule has 2 aromatic rings. The molecule has 1 aliphatic carbocycles. The van der Waals surface area contributed by atoms with Gasteiger partial charge in [0.15, 0.2) is 5.78 Å². The van der Waals surface area contributed by atoms with Crippen molar-refractivity contribution in [3.05, 3.63) is 41.3 Å². The quantitative estimate of drug-likeness (QED) is 0.846. The van der Waals surface area contributed by atoms with E-state index in [0.29, 0.717) is 6.42 Å². The third kappa shape index (κ3) is 1.99. The molecule has 3 rings (SSSR count). The normalized spacial score (nSPS) is 17.3. The van der Waals surface area contributed by atoms with E-state index in [0.717, 1.165) is 34.5 Å². The van der Waals surface area contributed by atoms with Crippen molar-refractivity contribution >= 4 is 5.78 Å². The molecule has 98 valence electrons. The maximum absolute atomic E-state index is 12.3. The van der Waals surface area contributed by atoms with Crippen LogP contribution in [0.5, 0.6) is 0 Å². The van der Waals surface area contributed by atoms with Gasteiger partial charge in [0.25, 0.3) is 0 Å². The fourth-order valence-electron chi connectivity index (χ4n) is 3.04. The van der Waals surface area contributed by atoms with Gasteiger partial charge in [0.2, 0.25) is 0 Å². The number of nitrogens with zero attached hydrogens (tertiary/aromatic N) is 1. The Balaban J connectivity index is 2.15. The second kappa shape index (κ2) is 4.05. The topological polar surface area (TPSA) is 45.8 Å². The van der Waals surface area contributed by atoms with Gasteiger partial charge in [0, 0.05) is 41.3 Å². The number of hydrogen-bond donors (Lipinski definition) is 1. The van der Waals surface area contributed by atoms with Gasteiger partial charge in [0.05, 0.1) is 0 Å². The first-order valence-corrected chi connectivity index (χ1v) is 6.63. The van der Waals surface area contributed by atoms with E-state index >= 15 is 0 Å². The van der Waals surface area contributed by atoms with Crippen LogP contribution in [0.1, 0.15) is 41.9 Å². The molecule has 0 radical (unpaired) electrons. The lowest BCUT2D eigenvalue weighted by atomic mass is 9.75. The summed E-state index contributed by atoms with van der Waals surface area (Å²) in [5.41, 5.74) is 5.26. The van der Waals surface area contributed by atoms with Gasteiger partial charge in [-0.05, 0) is 36.5 Å². The number of aromatic nitrogens is 2. The highest BCUT2D eigenvalue weighted by molar-refractivity contribution is 6.01. The van der Waals surface area contributed by atoms with Crippen LogP contribution in [0.4, 0.5) is 0 Å². The fourth-order valence-corrected chi connectivity index (χ4v) is 3.04. The van der Waals surface area contributed by atoms with E-state index in [9.17, 15) is 4.79 Å². The Hall–Kier alpha value is -1.90. The van der Waals surface area contributed by atoms with E-state index in [1.165, 1.54) is 0 Å². The molecule has 2 aromatic heterocycles. The van der Waals surface area contributed by atoms with E-state index in [1.54, 1.807) is 12.4 Å². The molecular formula is C16H18N2O. The summed E-state index contributed by atoms with van der Waals surface area (Å²) in [7, 11) is 0. The summed E-state index contributed by atoms with van der Waals surface area (Å²) in [6.45, 7) is 6.33. The first-order chi connectivity index (χ1) is 8.98. The zero-order chi connectivity index (χ0) is 13.6. The molecule has 1 N–H and O–H groups in total. The SMILES string of the molecule is Cc1c(-c2ccncc2)[nH]c2c1C(=O)CC(C)(C)C2.